The maximum atomic E-state index is 12.2. The first kappa shape index (κ1) is 16.3. The van der Waals surface area contributed by atoms with Crippen LogP contribution in [0, 0.1) is 0 Å². The summed E-state index contributed by atoms with van der Waals surface area (Å²) in [5.41, 5.74) is 0.229. The van der Waals surface area contributed by atoms with E-state index < -0.39 is 0 Å². The highest BCUT2D eigenvalue weighted by Gasteiger charge is 2.21. The van der Waals surface area contributed by atoms with Crippen LogP contribution in [0.4, 0.5) is 0 Å². The molecule has 1 saturated heterocycles. The maximum Gasteiger partial charge on any atom is 0.273 e. The zero-order valence-electron chi connectivity index (χ0n) is 13.3. The van der Waals surface area contributed by atoms with Crippen LogP contribution in [-0.4, -0.2) is 32.7 Å². The van der Waals surface area contributed by atoms with Crippen molar-refractivity contribution in [1.82, 2.24) is 20.6 Å². The molecule has 1 fully saturated rings. The summed E-state index contributed by atoms with van der Waals surface area (Å²) in [7, 11) is 0. The lowest BCUT2D eigenvalue weighted by atomic mass is 10.0. The topological polar surface area (TPSA) is 94.1 Å². The van der Waals surface area contributed by atoms with Crippen molar-refractivity contribution in [2.45, 2.75) is 25.3 Å². The van der Waals surface area contributed by atoms with E-state index in [4.69, 9.17) is 9.05 Å². The Kier molecular flexibility index (Phi) is 4.84. The molecule has 1 aliphatic rings. The summed E-state index contributed by atoms with van der Waals surface area (Å²) in [5, 5.41) is 12.5. The molecule has 0 aliphatic carbocycles. The Labute approximate surface area is 152 Å². The van der Waals surface area contributed by atoms with Crippen LogP contribution in [0.2, 0.25) is 0 Å². The summed E-state index contributed by atoms with van der Waals surface area (Å²) in [6, 6.07) is 5.46. The van der Waals surface area contributed by atoms with Crippen LogP contribution < -0.4 is 5.32 Å². The fourth-order valence-corrected chi connectivity index (χ4v) is 4.40. The van der Waals surface area contributed by atoms with Gasteiger partial charge in [0.15, 0.2) is 17.3 Å². The van der Waals surface area contributed by atoms with Crippen molar-refractivity contribution in [1.29, 1.82) is 0 Å². The second kappa shape index (κ2) is 7.40. The van der Waals surface area contributed by atoms with Crippen molar-refractivity contribution in [3.05, 3.63) is 41.0 Å². The first-order chi connectivity index (χ1) is 12.3. The predicted octanol–water partition coefficient (Wildman–Crippen LogP) is 3.33. The van der Waals surface area contributed by atoms with Gasteiger partial charge in [-0.05, 0) is 35.8 Å². The van der Waals surface area contributed by atoms with Crippen LogP contribution in [0.1, 0.15) is 41.0 Å². The molecular formula is C16H16N4O3S2. The van der Waals surface area contributed by atoms with Crippen molar-refractivity contribution < 1.29 is 13.8 Å². The number of carbonyl (C=O) groups is 1. The van der Waals surface area contributed by atoms with Gasteiger partial charge in [-0.2, -0.15) is 16.7 Å². The molecule has 0 unspecified atom stereocenters. The Balaban J connectivity index is 1.35. The molecule has 25 heavy (non-hydrogen) atoms. The van der Waals surface area contributed by atoms with Crippen LogP contribution in [-0.2, 0) is 6.54 Å². The van der Waals surface area contributed by atoms with E-state index in [0.717, 1.165) is 35.0 Å². The van der Waals surface area contributed by atoms with E-state index in [1.807, 2.05) is 29.3 Å². The number of hydrogen-bond acceptors (Lipinski definition) is 8. The minimum absolute atomic E-state index is 0.175. The Morgan fingerprint density at radius 3 is 2.96 bits per heavy atom. The number of aromatic nitrogens is 3. The van der Waals surface area contributed by atoms with E-state index in [9.17, 15) is 4.79 Å². The van der Waals surface area contributed by atoms with Crippen LogP contribution >= 0.6 is 23.1 Å². The number of thioether (sulfide) groups is 1. The number of amides is 1. The molecule has 1 N–H and O–H groups in total. The number of thiophene rings is 1. The van der Waals surface area contributed by atoms with Crippen LogP contribution in [0.25, 0.3) is 10.6 Å². The second-order valence-electron chi connectivity index (χ2n) is 5.67. The van der Waals surface area contributed by atoms with Gasteiger partial charge in [-0.3, -0.25) is 4.79 Å². The molecule has 130 valence electrons. The third kappa shape index (κ3) is 3.77. The van der Waals surface area contributed by atoms with Gasteiger partial charge in [-0.1, -0.05) is 16.4 Å². The van der Waals surface area contributed by atoms with E-state index in [1.165, 1.54) is 11.3 Å². The molecule has 1 aliphatic heterocycles. The lowest BCUT2D eigenvalue weighted by molar-refractivity contribution is 0.0937. The molecule has 3 aromatic heterocycles. The Morgan fingerprint density at radius 2 is 2.16 bits per heavy atom. The summed E-state index contributed by atoms with van der Waals surface area (Å²) in [6.07, 6.45) is 2.14. The van der Waals surface area contributed by atoms with E-state index >= 15 is 0 Å². The highest BCUT2D eigenvalue weighted by Crippen LogP contribution is 2.29. The molecule has 0 atom stereocenters. The lowest BCUT2D eigenvalue weighted by Crippen LogP contribution is -2.23. The molecule has 0 spiro atoms. The van der Waals surface area contributed by atoms with Crippen LogP contribution in [0.5, 0.6) is 0 Å². The third-order valence-electron chi connectivity index (χ3n) is 3.98. The minimum Gasteiger partial charge on any atom is -0.355 e. The summed E-state index contributed by atoms with van der Waals surface area (Å²) < 4.78 is 10.5. The van der Waals surface area contributed by atoms with E-state index in [-0.39, 0.29) is 18.1 Å². The van der Waals surface area contributed by atoms with Crippen molar-refractivity contribution in [3.8, 4) is 10.6 Å². The predicted molar refractivity (Wildman–Crippen MR) is 94.6 cm³/mol. The van der Waals surface area contributed by atoms with E-state index in [0.29, 0.717) is 17.6 Å². The summed E-state index contributed by atoms with van der Waals surface area (Å²) in [4.78, 5) is 17.5. The first-order valence-electron chi connectivity index (χ1n) is 7.98. The quantitative estimate of drug-likeness (QED) is 0.730. The molecular weight excluding hydrogens is 360 g/mol. The van der Waals surface area contributed by atoms with Crippen LogP contribution in [0.3, 0.4) is 0 Å². The highest BCUT2D eigenvalue weighted by atomic mass is 32.2. The molecule has 0 bridgehead atoms. The van der Waals surface area contributed by atoms with Crippen molar-refractivity contribution >= 4 is 29.0 Å². The molecule has 7 nitrogen and oxygen atoms in total. The van der Waals surface area contributed by atoms with Gasteiger partial charge in [-0.15, -0.1) is 11.3 Å². The molecule has 9 heteroatoms. The van der Waals surface area contributed by atoms with Gasteiger partial charge in [0.1, 0.15) is 0 Å². The largest absolute Gasteiger partial charge is 0.355 e. The number of nitrogens with one attached hydrogen (secondary N) is 1. The van der Waals surface area contributed by atoms with Crippen molar-refractivity contribution in [3.63, 3.8) is 0 Å². The minimum atomic E-state index is -0.333. The smallest absolute Gasteiger partial charge is 0.273 e. The van der Waals surface area contributed by atoms with Gasteiger partial charge >= 0.3 is 0 Å². The summed E-state index contributed by atoms with van der Waals surface area (Å²) in [5.74, 6) is 4.01. The molecule has 3 aromatic rings. The normalized spacial score (nSPS) is 15.4. The van der Waals surface area contributed by atoms with E-state index in [2.05, 4.69) is 20.6 Å². The molecule has 1 amide bonds. The van der Waals surface area contributed by atoms with Gasteiger partial charge in [0.25, 0.3) is 5.91 Å². The molecule has 4 heterocycles. The van der Waals surface area contributed by atoms with Gasteiger partial charge in [0.05, 0.1) is 11.4 Å². The average Bonchev–Trinajstić information content (AvgIpc) is 3.41. The molecule has 0 radical (unpaired) electrons. The van der Waals surface area contributed by atoms with Gasteiger partial charge < -0.3 is 14.4 Å². The van der Waals surface area contributed by atoms with E-state index in [1.54, 1.807) is 6.07 Å². The maximum absolute atomic E-state index is 12.2. The summed E-state index contributed by atoms with van der Waals surface area (Å²) >= 11 is 3.48. The second-order valence-corrected chi connectivity index (χ2v) is 7.84. The molecule has 0 saturated carbocycles. The SMILES string of the molecule is O=C(NCc1nc(C2CCSCC2)no1)c1cc(-c2cccs2)on1. The summed E-state index contributed by atoms with van der Waals surface area (Å²) in [6.45, 7) is 0.175. The Bertz CT molecular complexity index is 837. The monoisotopic (exact) mass is 376 g/mol. The average molecular weight is 376 g/mol. The Hall–Kier alpha value is -2.13. The number of nitrogens with zero attached hydrogens (tertiary/aromatic N) is 3. The van der Waals surface area contributed by atoms with Gasteiger partial charge in [-0.25, -0.2) is 0 Å². The number of carbonyl (C=O) groups excluding carboxylic acids is 1. The fourth-order valence-electron chi connectivity index (χ4n) is 2.63. The zero-order chi connectivity index (χ0) is 17.1. The fraction of sp³-hybridized carbons (Fsp3) is 0.375. The van der Waals surface area contributed by atoms with Crippen LogP contribution in [0.15, 0.2) is 32.6 Å². The molecule has 4 rings (SSSR count). The van der Waals surface area contributed by atoms with Crippen molar-refractivity contribution in [2.24, 2.45) is 0 Å². The molecule has 0 aromatic carbocycles. The highest BCUT2D eigenvalue weighted by molar-refractivity contribution is 7.99. The van der Waals surface area contributed by atoms with Gasteiger partial charge in [0.2, 0.25) is 5.89 Å². The third-order valence-corrected chi connectivity index (χ3v) is 5.91. The van der Waals surface area contributed by atoms with Crippen molar-refractivity contribution in [2.75, 3.05) is 11.5 Å². The zero-order valence-corrected chi connectivity index (χ0v) is 14.9. The number of rotatable bonds is 5. The van der Waals surface area contributed by atoms with Gasteiger partial charge in [0, 0.05) is 12.0 Å². The Morgan fingerprint density at radius 1 is 1.28 bits per heavy atom. The lowest BCUT2D eigenvalue weighted by Gasteiger charge is -2.17. The number of hydrogen-bond donors (Lipinski definition) is 1. The first-order valence-corrected chi connectivity index (χ1v) is 10.0. The standard InChI is InChI=1S/C16H16N4O3S2/c21-16(11-8-12(22-19-11)13-2-1-5-25-13)17-9-14-18-15(20-23-14)10-3-6-24-7-4-10/h1-2,5,8,10H,3-4,6-7,9H2,(H,17,21).